The lowest BCUT2D eigenvalue weighted by Gasteiger charge is -2.37. The van der Waals surface area contributed by atoms with Crippen LogP contribution in [0.2, 0.25) is 5.02 Å². The third-order valence-electron chi connectivity index (χ3n) is 3.71. The minimum Gasteiger partial charge on any atom is -0.352 e. The number of nitrogens with zero attached hydrogens (tertiary/aromatic N) is 1. The first-order valence-electron chi connectivity index (χ1n) is 6.97. The van der Waals surface area contributed by atoms with Gasteiger partial charge in [-0.05, 0) is 24.6 Å². The first-order chi connectivity index (χ1) is 9.86. The summed E-state index contributed by atoms with van der Waals surface area (Å²) in [5.74, 6) is 1.63. The quantitative estimate of drug-likeness (QED) is 0.906. The standard InChI is InChI=1S/C14H21ClN2O2S2/c1-3-21(18,19)14-9-20-7-6-17(14)13-5-4-11(10(2)16)8-12(13)15/h4-5,8,10,14H,3,6-7,9,16H2,1-2H3/t10-,14?/m1/s1. The van der Waals surface area contributed by atoms with Crippen molar-refractivity contribution in [2.75, 3.05) is 28.7 Å². The van der Waals surface area contributed by atoms with Crippen LogP contribution in [0.3, 0.4) is 0 Å². The Kier molecular flexibility index (Phi) is 5.46. The molecule has 1 fully saturated rings. The Morgan fingerprint density at radius 3 is 2.81 bits per heavy atom. The van der Waals surface area contributed by atoms with Gasteiger partial charge < -0.3 is 10.6 Å². The van der Waals surface area contributed by atoms with Gasteiger partial charge in [-0.15, -0.1) is 0 Å². The Morgan fingerprint density at radius 1 is 1.52 bits per heavy atom. The zero-order valence-electron chi connectivity index (χ0n) is 12.3. The molecule has 2 atom stereocenters. The molecular weight excluding hydrogens is 328 g/mol. The molecule has 4 nitrogen and oxygen atoms in total. The Labute approximate surface area is 135 Å². The van der Waals surface area contributed by atoms with Crippen LogP contribution in [0, 0.1) is 0 Å². The van der Waals surface area contributed by atoms with Crippen LogP contribution in [-0.2, 0) is 9.84 Å². The van der Waals surface area contributed by atoms with Crippen molar-refractivity contribution in [3.63, 3.8) is 0 Å². The van der Waals surface area contributed by atoms with E-state index in [1.165, 1.54) is 0 Å². The Morgan fingerprint density at radius 2 is 2.24 bits per heavy atom. The van der Waals surface area contributed by atoms with Gasteiger partial charge in [0.05, 0.1) is 10.7 Å². The number of anilines is 1. The SMILES string of the molecule is CCS(=O)(=O)C1CSCCN1c1ccc([C@@H](C)N)cc1Cl. The zero-order valence-corrected chi connectivity index (χ0v) is 14.6. The van der Waals surface area contributed by atoms with E-state index in [0.717, 1.165) is 17.0 Å². The largest absolute Gasteiger partial charge is 0.352 e. The number of hydrogen-bond acceptors (Lipinski definition) is 5. The van der Waals surface area contributed by atoms with Crippen LogP contribution in [0.15, 0.2) is 18.2 Å². The van der Waals surface area contributed by atoms with Gasteiger partial charge in [0.25, 0.3) is 0 Å². The summed E-state index contributed by atoms with van der Waals surface area (Å²) in [5.41, 5.74) is 7.59. The van der Waals surface area contributed by atoms with Gasteiger partial charge in [0.2, 0.25) is 0 Å². The zero-order chi connectivity index (χ0) is 15.6. The van der Waals surface area contributed by atoms with Crippen molar-refractivity contribution in [2.24, 2.45) is 5.73 Å². The fraction of sp³-hybridized carbons (Fsp3) is 0.571. The van der Waals surface area contributed by atoms with Crippen LogP contribution < -0.4 is 10.6 Å². The van der Waals surface area contributed by atoms with E-state index >= 15 is 0 Å². The molecule has 1 aliphatic rings. The molecule has 0 spiro atoms. The second kappa shape index (κ2) is 6.77. The molecule has 2 rings (SSSR count). The van der Waals surface area contributed by atoms with Gasteiger partial charge in [0.1, 0.15) is 5.37 Å². The Bertz CT molecular complexity index is 605. The number of benzene rings is 1. The van der Waals surface area contributed by atoms with E-state index in [0.29, 0.717) is 17.3 Å². The fourth-order valence-corrected chi connectivity index (χ4v) is 5.67. The molecule has 118 valence electrons. The molecule has 7 heteroatoms. The molecule has 0 amide bonds. The molecular formula is C14H21ClN2O2S2. The maximum Gasteiger partial charge on any atom is 0.171 e. The van der Waals surface area contributed by atoms with Gasteiger partial charge in [-0.2, -0.15) is 11.8 Å². The predicted octanol–water partition coefficient (Wildman–Crippen LogP) is 2.67. The maximum absolute atomic E-state index is 12.3. The molecule has 1 saturated heterocycles. The second-order valence-electron chi connectivity index (χ2n) is 5.17. The fourth-order valence-electron chi connectivity index (χ4n) is 2.39. The topological polar surface area (TPSA) is 63.4 Å². The van der Waals surface area contributed by atoms with Crippen molar-refractivity contribution in [1.82, 2.24) is 0 Å². The molecule has 0 bridgehead atoms. The van der Waals surface area contributed by atoms with Gasteiger partial charge in [-0.25, -0.2) is 8.42 Å². The molecule has 1 aromatic rings. The van der Waals surface area contributed by atoms with E-state index in [-0.39, 0.29) is 11.8 Å². The minimum atomic E-state index is -3.14. The number of nitrogens with two attached hydrogens (primary N) is 1. The van der Waals surface area contributed by atoms with Gasteiger partial charge in [-0.3, -0.25) is 0 Å². The molecule has 0 aliphatic carbocycles. The van der Waals surface area contributed by atoms with Crippen LogP contribution in [0.4, 0.5) is 5.69 Å². The molecule has 21 heavy (non-hydrogen) atoms. The molecule has 1 heterocycles. The number of sulfone groups is 1. The monoisotopic (exact) mass is 348 g/mol. The van der Waals surface area contributed by atoms with Gasteiger partial charge in [-0.1, -0.05) is 24.6 Å². The van der Waals surface area contributed by atoms with Crippen LogP contribution in [0.5, 0.6) is 0 Å². The highest BCUT2D eigenvalue weighted by Gasteiger charge is 2.33. The summed E-state index contributed by atoms with van der Waals surface area (Å²) in [4.78, 5) is 1.92. The normalized spacial score (nSPS) is 21.3. The molecule has 1 unspecified atom stereocenters. The van der Waals surface area contributed by atoms with Crippen LogP contribution in [0.25, 0.3) is 0 Å². The van der Waals surface area contributed by atoms with E-state index in [2.05, 4.69) is 0 Å². The lowest BCUT2D eigenvalue weighted by Crippen LogP contribution is -2.48. The van der Waals surface area contributed by atoms with E-state index < -0.39 is 15.2 Å². The number of hydrogen-bond donors (Lipinski definition) is 1. The first-order valence-corrected chi connectivity index (χ1v) is 10.2. The van der Waals surface area contributed by atoms with Crippen molar-refractivity contribution in [1.29, 1.82) is 0 Å². The number of thioether (sulfide) groups is 1. The third kappa shape index (κ3) is 3.67. The van der Waals surface area contributed by atoms with Crippen molar-refractivity contribution in [2.45, 2.75) is 25.3 Å². The van der Waals surface area contributed by atoms with E-state index in [9.17, 15) is 8.42 Å². The summed E-state index contributed by atoms with van der Waals surface area (Å²) < 4.78 is 24.6. The lowest BCUT2D eigenvalue weighted by molar-refractivity contribution is 0.579. The Hall–Kier alpha value is -0.430. The van der Waals surface area contributed by atoms with Crippen LogP contribution in [-0.4, -0.2) is 37.6 Å². The summed E-state index contributed by atoms with van der Waals surface area (Å²) in [6, 6.07) is 5.54. The highest BCUT2D eigenvalue weighted by Crippen LogP contribution is 2.34. The lowest BCUT2D eigenvalue weighted by atomic mass is 10.1. The van der Waals surface area contributed by atoms with Gasteiger partial charge >= 0.3 is 0 Å². The Balaban J connectivity index is 2.38. The van der Waals surface area contributed by atoms with Crippen LogP contribution >= 0.6 is 23.4 Å². The summed E-state index contributed by atoms with van der Waals surface area (Å²) in [5, 5.41) is 0.0629. The molecule has 2 N–H and O–H groups in total. The summed E-state index contributed by atoms with van der Waals surface area (Å²) in [6.45, 7) is 4.27. The molecule has 0 saturated carbocycles. The summed E-state index contributed by atoms with van der Waals surface area (Å²) >= 11 is 8.04. The average Bonchev–Trinajstić information content (AvgIpc) is 2.47. The van der Waals surface area contributed by atoms with E-state index in [1.54, 1.807) is 18.7 Å². The number of halogens is 1. The maximum atomic E-state index is 12.3. The summed E-state index contributed by atoms with van der Waals surface area (Å²) in [6.07, 6.45) is 0. The molecule has 1 aromatic carbocycles. The highest BCUT2D eigenvalue weighted by molar-refractivity contribution is 8.01. The van der Waals surface area contributed by atoms with E-state index in [4.69, 9.17) is 17.3 Å². The second-order valence-corrected chi connectivity index (χ2v) is 9.18. The van der Waals surface area contributed by atoms with Crippen LogP contribution in [0.1, 0.15) is 25.5 Å². The number of rotatable bonds is 4. The van der Waals surface area contributed by atoms with E-state index in [1.807, 2.05) is 30.0 Å². The molecule has 0 aromatic heterocycles. The average molecular weight is 349 g/mol. The third-order valence-corrected chi connectivity index (χ3v) is 7.30. The summed E-state index contributed by atoms with van der Waals surface area (Å²) in [7, 11) is -3.14. The predicted molar refractivity (Wildman–Crippen MR) is 92.0 cm³/mol. The van der Waals surface area contributed by atoms with Crippen molar-refractivity contribution >= 4 is 38.9 Å². The highest BCUT2D eigenvalue weighted by atomic mass is 35.5. The minimum absolute atomic E-state index is 0.0939. The first kappa shape index (κ1) is 16.9. The van der Waals surface area contributed by atoms with Crippen molar-refractivity contribution in [3.8, 4) is 0 Å². The van der Waals surface area contributed by atoms with Gasteiger partial charge in [0, 0.05) is 29.8 Å². The van der Waals surface area contributed by atoms with Gasteiger partial charge in [0.15, 0.2) is 9.84 Å². The molecule has 0 radical (unpaired) electrons. The smallest absolute Gasteiger partial charge is 0.171 e. The van der Waals surface area contributed by atoms with Crippen molar-refractivity contribution < 1.29 is 8.42 Å². The van der Waals surface area contributed by atoms with Crippen molar-refractivity contribution in [3.05, 3.63) is 28.8 Å². The molecule has 1 aliphatic heterocycles.